The highest BCUT2D eigenvalue weighted by Crippen LogP contribution is 2.21. The predicted molar refractivity (Wildman–Crippen MR) is 69.8 cm³/mol. The summed E-state index contributed by atoms with van der Waals surface area (Å²) in [7, 11) is 0. The maximum Gasteiger partial charge on any atom is 0.338 e. The van der Waals surface area contributed by atoms with Crippen LogP contribution in [0.25, 0.3) is 0 Å². The third-order valence-corrected chi connectivity index (χ3v) is 2.73. The maximum atomic E-state index is 11.9. The lowest BCUT2D eigenvalue weighted by molar-refractivity contribution is 0.0697. The summed E-state index contributed by atoms with van der Waals surface area (Å²) in [6.45, 7) is 1.66. The van der Waals surface area contributed by atoms with E-state index in [1.807, 2.05) is 0 Å². The van der Waals surface area contributed by atoms with Gasteiger partial charge in [0.1, 0.15) is 0 Å². The van der Waals surface area contributed by atoms with Gasteiger partial charge in [0.2, 0.25) is 0 Å². The molecule has 0 aliphatic rings. The fourth-order valence-corrected chi connectivity index (χ4v) is 1.82. The smallest absolute Gasteiger partial charge is 0.338 e. The van der Waals surface area contributed by atoms with E-state index in [1.54, 1.807) is 19.1 Å². The molecule has 2 aromatic rings. The largest absolute Gasteiger partial charge is 0.478 e. The molecule has 2 N–H and O–H groups in total. The number of carbonyl (C=O) groups is 2. The Morgan fingerprint density at radius 3 is 2.58 bits per heavy atom. The Kier molecular flexibility index (Phi) is 3.57. The van der Waals surface area contributed by atoms with Crippen molar-refractivity contribution in [2.24, 2.45) is 0 Å². The summed E-state index contributed by atoms with van der Waals surface area (Å²) in [6.07, 6.45) is 0. The number of carbonyl (C=O) groups excluding carboxylic acids is 1. The quantitative estimate of drug-likeness (QED) is 0.904. The van der Waals surface area contributed by atoms with Gasteiger partial charge in [-0.2, -0.15) is 0 Å². The summed E-state index contributed by atoms with van der Waals surface area (Å²) in [4.78, 5) is 23.0. The van der Waals surface area contributed by atoms with Crippen LogP contribution >= 0.6 is 11.6 Å². The molecule has 1 aromatic heterocycles. The van der Waals surface area contributed by atoms with Gasteiger partial charge in [-0.15, -0.1) is 0 Å². The summed E-state index contributed by atoms with van der Waals surface area (Å²) >= 11 is 5.57. The van der Waals surface area contributed by atoms with Gasteiger partial charge in [0.15, 0.2) is 11.0 Å². The SMILES string of the molecule is Cc1cccc(NC(=O)c2ccc(Cl)o2)c1C(=O)O. The van der Waals surface area contributed by atoms with Gasteiger partial charge in [-0.1, -0.05) is 12.1 Å². The number of rotatable bonds is 3. The van der Waals surface area contributed by atoms with Crippen LogP contribution in [0.3, 0.4) is 0 Å². The highest BCUT2D eigenvalue weighted by atomic mass is 35.5. The van der Waals surface area contributed by atoms with E-state index in [4.69, 9.17) is 21.1 Å². The minimum Gasteiger partial charge on any atom is -0.478 e. The highest BCUT2D eigenvalue weighted by Gasteiger charge is 2.17. The third kappa shape index (κ3) is 2.77. The second kappa shape index (κ2) is 5.16. The Labute approximate surface area is 113 Å². The lowest BCUT2D eigenvalue weighted by Crippen LogP contribution is -2.14. The van der Waals surface area contributed by atoms with Gasteiger partial charge in [-0.05, 0) is 42.3 Å². The molecule has 0 saturated heterocycles. The fourth-order valence-electron chi connectivity index (χ4n) is 1.68. The molecule has 2 rings (SSSR count). The zero-order chi connectivity index (χ0) is 14.0. The predicted octanol–water partition coefficient (Wildman–Crippen LogP) is 3.19. The summed E-state index contributed by atoms with van der Waals surface area (Å²) in [5.74, 6) is -1.64. The number of carboxylic acids is 1. The normalized spacial score (nSPS) is 10.2. The first kappa shape index (κ1) is 13.2. The fraction of sp³-hybridized carbons (Fsp3) is 0.0769. The molecule has 5 nitrogen and oxygen atoms in total. The van der Waals surface area contributed by atoms with E-state index in [0.29, 0.717) is 5.56 Å². The van der Waals surface area contributed by atoms with Crippen molar-refractivity contribution in [1.82, 2.24) is 0 Å². The molecule has 0 radical (unpaired) electrons. The zero-order valence-electron chi connectivity index (χ0n) is 9.94. The van der Waals surface area contributed by atoms with E-state index >= 15 is 0 Å². The number of hydrogen-bond donors (Lipinski definition) is 2. The molecule has 98 valence electrons. The summed E-state index contributed by atoms with van der Waals surface area (Å²) in [5, 5.41) is 11.7. The van der Waals surface area contributed by atoms with Crippen LogP contribution in [0, 0.1) is 6.92 Å². The van der Waals surface area contributed by atoms with Crippen molar-refractivity contribution in [3.05, 3.63) is 52.4 Å². The van der Waals surface area contributed by atoms with Gasteiger partial charge in [0, 0.05) is 0 Å². The second-order valence-electron chi connectivity index (χ2n) is 3.86. The number of hydrogen-bond acceptors (Lipinski definition) is 3. The molecule has 19 heavy (non-hydrogen) atoms. The lowest BCUT2D eigenvalue weighted by Gasteiger charge is -2.09. The van der Waals surface area contributed by atoms with Gasteiger partial charge < -0.3 is 14.8 Å². The van der Waals surface area contributed by atoms with Crippen molar-refractivity contribution in [1.29, 1.82) is 0 Å². The molecule has 0 bridgehead atoms. The van der Waals surface area contributed by atoms with Crippen LogP contribution in [0.2, 0.25) is 5.22 Å². The molecule has 0 spiro atoms. The number of aryl methyl sites for hydroxylation is 1. The second-order valence-corrected chi connectivity index (χ2v) is 4.23. The Bertz CT molecular complexity index is 648. The van der Waals surface area contributed by atoms with Gasteiger partial charge >= 0.3 is 5.97 Å². The first-order valence-electron chi connectivity index (χ1n) is 5.38. The Morgan fingerprint density at radius 1 is 1.26 bits per heavy atom. The monoisotopic (exact) mass is 279 g/mol. The molecule has 6 heteroatoms. The number of nitrogens with one attached hydrogen (secondary N) is 1. The van der Waals surface area contributed by atoms with Crippen LogP contribution in [0.15, 0.2) is 34.7 Å². The number of benzene rings is 1. The number of carboxylic acid groups (broad SMARTS) is 1. The number of furan rings is 1. The molecular weight excluding hydrogens is 270 g/mol. The van der Waals surface area contributed by atoms with Crippen molar-refractivity contribution >= 4 is 29.2 Å². The van der Waals surface area contributed by atoms with Crippen molar-refractivity contribution < 1.29 is 19.1 Å². The van der Waals surface area contributed by atoms with Gasteiger partial charge in [-0.25, -0.2) is 4.79 Å². The van der Waals surface area contributed by atoms with Gasteiger partial charge in [0.05, 0.1) is 11.3 Å². The average Bonchev–Trinajstić information content (AvgIpc) is 2.75. The van der Waals surface area contributed by atoms with E-state index in [0.717, 1.165) is 0 Å². The number of aromatic carboxylic acids is 1. The number of amides is 1. The van der Waals surface area contributed by atoms with Crippen molar-refractivity contribution in [3.8, 4) is 0 Å². The highest BCUT2D eigenvalue weighted by molar-refractivity contribution is 6.29. The molecule has 0 aliphatic carbocycles. The number of halogens is 1. The van der Waals surface area contributed by atoms with E-state index in [-0.39, 0.29) is 22.2 Å². The van der Waals surface area contributed by atoms with Crippen LogP contribution < -0.4 is 5.32 Å². The molecule has 1 aromatic carbocycles. The molecule has 1 heterocycles. The minimum atomic E-state index is -1.11. The Balaban J connectivity index is 2.31. The van der Waals surface area contributed by atoms with Gasteiger partial charge in [0.25, 0.3) is 5.91 Å². The first-order chi connectivity index (χ1) is 8.99. The van der Waals surface area contributed by atoms with Gasteiger partial charge in [-0.3, -0.25) is 4.79 Å². The van der Waals surface area contributed by atoms with E-state index in [9.17, 15) is 9.59 Å². The molecule has 0 aliphatic heterocycles. The molecule has 0 fully saturated rings. The topological polar surface area (TPSA) is 79.5 Å². The molecular formula is C13H10ClNO4. The first-order valence-corrected chi connectivity index (χ1v) is 5.76. The number of anilines is 1. The van der Waals surface area contributed by atoms with E-state index in [1.165, 1.54) is 18.2 Å². The zero-order valence-corrected chi connectivity index (χ0v) is 10.7. The van der Waals surface area contributed by atoms with Crippen LogP contribution in [0.1, 0.15) is 26.5 Å². The third-order valence-electron chi connectivity index (χ3n) is 2.53. The van der Waals surface area contributed by atoms with Crippen LogP contribution in [0.4, 0.5) is 5.69 Å². The molecule has 0 unspecified atom stereocenters. The summed E-state index contributed by atoms with van der Waals surface area (Å²) in [6, 6.07) is 7.67. The maximum absolute atomic E-state index is 11.9. The average molecular weight is 280 g/mol. The summed E-state index contributed by atoms with van der Waals surface area (Å²) < 4.78 is 4.95. The molecule has 0 saturated carbocycles. The standard InChI is InChI=1S/C13H10ClNO4/c1-7-3-2-4-8(11(7)13(17)18)15-12(16)9-5-6-10(14)19-9/h2-6H,1H3,(H,15,16)(H,17,18). The van der Waals surface area contributed by atoms with E-state index in [2.05, 4.69) is 5.32 Å². The minimum absolute atomic E-state index is 0.0165. The molecule has 1 amide bonds. The van der Waals surface area contributed by atoms with Crippen molar-refractivity contribution in [2.45, 2.75) is 6.92 Å². The summed E-state index contributed by atoms with van der Waals surface area (Å²) in [5.41, 5.74) is 0.821. The molecule has 0 atom stereocenters. The Morgan fingerprint density at radius 2 is 2.00 bits per heavy atom. The van der Waals surface area contributed by atoms with Crippen LogP contribution in [-0.4, -0.2) is 17.0 Å². The lowest BCUT2D eigenvalue weighted by atomic mass is 10.1. The Hall–Kier alpha value is -2.27. The van der Waals surface area contributed by atoms with Crippen LogP contribution in [0.5, 0.6) is 0 Å². The van der Waals surface area contributed by atoms with E-state index < -0.39 is 11.9 Å². The van der Waals surface area contributed by atoms with Crippen molar-refractivity contribution in [3.63, 3.8) is 0 Å². The van der Waals surface area contributed by atoms with Crippen molar-refractivity contribution in [2.75, 3.05) is 5.32 Å². The van der Waals surface area contributed by atoms with Crippen LogP contribution in [-0.2, 0) is 0 Å².